The third-order valence-corrected chi connectivity index (χ3v) is 4.26. The van der Waals surface area contributed by atoms with Gasteiger partial charge in [-0.1, -0.05) is 13.8 Å². The molecule has 18 heavy (non-hydrogen) atoms. The molecule has 0 saturated heterocycles. The Bertz CT molecular complexity index is 497. The van der Waals surface area contributed by atoms with Crippen molar-refractivity contribution in [3.05, 3.63) is 23.5 Å². The van der Waals surface area contributed by atoms with E-state index < -0.39 is 0 Å². The highest BCUT2D eigenvalue weighted by molar-refractivity contribution is 8.01. The van der Waals surface area contributed by atoms with Gasteiger partial charge in [0, 0.05) is 23.7 Å². The molecule has 2 rings (SSSR count). The van der Waals surface area contributed by atoms with Crippen molar-refractivity contribution in [3.63, 3.8) is 0 Å². The van der Waals surface area contributed by atoms with E-state index in [9.17, 15) is 0 Å². The van der Waals surface area contributed by atoms with E-state index in [4.69, 9.17) is 0 Å². The number of hydrogen-bond donors (Lipinski definition) is 1. The van der Waals surface area contributed by atoms with Crippen LogP contribution >= 0.6 is 23.1 Å². The molecule has 2 aromatic heterocycles. The zero-order valence-corrected chi connectivity index (χ0v) is 12.3. The van der Waals surface area contributed by atoms with Crippen LogP contribution in [0.4, 0.5) is 5.82 Å². The molecule has 0 aliphatic rings. The van der Waals surface area contributed by atoms with Crippen molar-refractivity contribution in [3.8, 4) is 0 Å². The van der Waals surface area contributed by atoms with Crippen LogP contribution in [0.2, 0.25) is 0 Å². The van der Waals surface area contributed by atoms with Gasteiger partial charge >= 0.3 is 0 Å². The fourth-order valence-corrected chi connectivity index (χ4v) is 3.41. The molecule has 0 aromatic carbocycles. The monoisotopic (exact) mass is 280 g/mol. The Labute approximate surface area is 115 Å². The zero-order valence-electron chi connectivity index (χ0n) is 10.7. The lowest BCUT2D eigenvalue weighted by atomic mass is 10.1. The third kappa shape index (κ3) is 3.00. The summed E-state index contributed by atoms with van der Waals surface area (Å²) in [6, 6.07) is 0. The summed E-state index contributed by atoms with van der Waals surface area (Å²) in [5, 5.41) is 6.26. The lowest BCUT2D eigenvalue weighted by molar-refractivity contribution is 0.803. The Kier molecular flexibility index (Phi) is 4.54. The topological polar surface area (TPSA) is 50.7 Å². The maximum absolute atomic E-state index is 4.40. The summed E-state index contributed by atoms with van der Waals surface area (Å²) in [6.07, 6.45) is 3.42. The van der Waals surface area contributed by atoms with Crippen molar-refractivity contribution in [2.45, 2.75) is 36.1 Å². The molecule has 96 valence electrons. The van der Waals surface area contributed by atoms with Crippen LogP contribution in [0.15, 0.2) is 27.3 Å². The van der Waals surface area contributed by atoms with Crippen LogP contribution in [0.25, 0.3) is 0 Å². The number of anilines is 1. The average Bonchev–Trinajstić information content (AvgIpc) is 2.82. The first-order chi connectivity index (χ1) is 8.72. The van der Waals surface area contributed by atoms with E-state index in [0.29, 0.717) is 5.92 Å². The van der Waals surface area contributed by atoms with Crippen molar-refractivity contribution < 1.29 is 0 Å². The molecule has 1 N–H and O–H groups in total. The van der Waals surface area contributed by atoms with Gasteiger partial charge in [-0.15, -0.1) is 11.3 Å². The minimum absolute atomic E-state index is 0.378. The Morgan fingerprint density at radius 1 is 1.33 bits per heavy atom. The molecular weight excluding hydrogens is 264 g/mol. The second-order valence-electron chi connectivity index (χ2n) is 4.03. The fraction of sp³-hybridized carbons (Fsp3) is 0.417. The second kappa shape index (κ2) is 6.15. The zero-order chi connectivity index (χ0) is 13.0. The predicted molar refractivity (Wildman–Crippen MR) is 76.5 cm³/mol. The van der Waals surface area contributed by atoms with Crippen LogP contribution < -0.4 is 5.32 Å². The number of aromatic nitrogens is 3. The maximum Gasteiger partial charge on any atom is 0.156 e. The number of thiazole rings is 1. The maximum atomic E-state index is 4.40. The molecule has 0 atom stereocenters. The van der Waals surface area contributed by atoms with Crippen LogP contribution in [0.1, 0.15) is 32.3 Å². The minimum atomic E-state index is 0.378. The molecule has 2 heterocycles. The Balaban J connectivity index is 2.36. The Morgan fingerprint density at radius 3 is 2.78 bits per heavy atom. The van der Waals surface area contributed by atoms with Crippen molar-refractivity contribution in [2.75, 3.05) is 11.9 Å². The van der Waals surface area contributed by atoms with Gasteiger partial charge in [0.2, 0.25) is 0 Å². The normalized spacial score (nSPS) is 10.9. The molecule has 0 amide bonds. The van der Waals surface area contributed by atoms with Gasteiger partial charge in [0.05, 0.1) is 0 Å². The molecule has 0 aliphatic carbocycles. The van der Waals surface area contributed by atoms with E-state index in [1.807, 2.05) is 11.6 Å². The summed E-state index contributed by atoms with van der Waals surface area (Å²) >= 11 is 3.23. The SMILES string of the molecule is CCNc1ncnc(Sc2nccs2)c1C(C)C. The van der Waals surface area contributed by atoms with E-state index in [1.165, 1.54) is 5.56 Å². The summed E-state index contributed by atoms with van der Waals surface area (Å²) in [7, 11) is 0. The van der Waals surface area contributed by atoms with Gasteiger partial charge in [-0.3, -0.25) is 0 Å². The van der Waals surface area contributed by atoms with E-state index in [0.717, 1.165) is 21.7 Å². The molecule has 0 unspecified atom stereocenters. The molecule has 0 aliphatic heterocycles. The van der Waals surface area contributed by atoms with E-state index in [2.05, 4.69) is 41.0 Å². The molecule has 2 aromatic rings. The van der Waals surface area contributed by atoms with E-state index in [-0.39, 0.29) is 0 Å². The van der Waals surface area contributed by atoms with Gasteiger partial charge in [-0.2, -0.15) is 0 Å². The first kappa shape index (κ1) is 13.3. The highest BCUT2D eigenvalue weighted by Crippen LogP contribution is 2.35. The van der Waals surface area contributed by atoms with Gasteiger partial charge in [0.25, 0.3) is 0 Å². The number of hydrogen-bond acceptors (Lipinski definition) is 6. The van der Waals surface area contributed by atoms with Crippen LogP contribution in [0.3, 0.4) is 0 Å². The number of nitrogens with one attached hydrogen (secondary N) is 1. The summed E-state index contributed by atoms with van der Waals surface area (Å²) in [5.74, 6) is 1.31. The van der Waals surface area contributed by atoms with Gasteiger partial charge in [-0.05, 0) is 24.6 Å². The first-order valence-electron chi connectivity index (χ1n) is 5.88. The molecule has 0 radical (unpaired) electrons. The number of rotatable bonds is 5. The quantitative estimate of drug-likeness (QED) is 0.847. The summed E-state index contributed by atoms with van der Waals surface area (Å²) in [4.78, 5) is 13.0. The third-order valence-electron chi connectivity index (χ3n) is 2.36. The molecule has 0 bridgehead atoms. The molecular formula is C12H16N4S2. The fourth-order valence-electron chi connectivity index (χ4n) is 1.63. The molecule has 6 heteroatoms. The first-order valence-corrected chi connectivity index (χ1v) is 7.58. The largest absolute Gasteiger partial charge is 0.370 e. The highest BCUT2D eigenvalue weighted by Gasteiger charge is 2.16. The molecule has 0 saturated carbocycles. The van der Waals surface area contributed by atoms with Gasteiger partial charge < -0.3 is 5.32 Å². The lowest BCUT2D eigenvalue weighted by Crippen LogP contribution is -2.07. The summed E-state index contributed by atoms with van der Waals surface area (Å²) in [6.45, 7) is 7.24. The van der Waals surface area contributed by atoms with Crippen LogP contribution in [0, 0.1) is 0 Å². The molecule has 0 fully saturated rings. The van der Waals surface area contributed by atoms with E-state index in [1.54, 1.807) is 29.4 Å². The van der Waals surface area contributed by atoms with Crippen molar-refractivity contribution >= 4 is 28.9 Å². The smallest absolute Gasteiger partial charge is 0.156 e. The Morgan fingerprint density at radius 2 is 2.17 bits per heavy atom. The van der Waals surface area contributed by atoms with Crippen LogP contribution in [0.5, 0.6) is 0 Å². The molecule has 4 nitrogen and oxygen atoms in total. The minimum Gasteiger partial charge on any atom is -0.370 e. The van der Waals surface area contributed by atoms with Crippen molar-refractivity contribution in [2.24, 2.45) is 0 Å². The summed E-state index contributed by atoms with van der Waals surface area (Å²) < 4.78 is 1.01. The van der Waals surface area contributed by atoms with Gasteiger partial charge in [0.1, 0.15) is 17.2 Å². The molecule has 0 spiro atoms. The number of nitrogens with zero attached hydrogens (tertiary/aromatic N) is 3. The van der Waals surface area contributed by atoms with Gasteiger partial charge in [0.15, 0.2) is 4.34 Å². The van der Waals surface area contributed by atoms with Crippen LogP contribution in [-0.4, -0.2) is 21.5 Å². The average molecular weight is 280 g/mol. The standard InChI is InChI=1S/C12H16N4S2/c1-4-13-10-9(8(2)3)11(16-7-15-10)18-12-14-5-6-17-12/h5-8H,4H2,1-3H3,(H,13,15,16). The van der Waals surface area contributed by atoms with E-state index >= 15 is 0 Å². The summed E-state index contributed by atoms with van der Waals surface area (Å²) in [5.41, 5.74) is 1.17. The Hall–Kier alpha value is -1.14. The van der Waals surface area contributed by atoms with Crippen LogP contribution in [-0.2, 0) is 0 Å². The van der Waals surface area contributed by atoms with Gasteiger partial charge in [-0.25, -0.2) is 15.0 Å². The van der Waals surface area contributed by atoms with Crippen molar-refractivity contribution in [1.29, 1.82) is 0 Å². The lowest BCUT2D eigenvalue weighted by Gasteiger charge is -2.15. The van der Waals surface area contributed by atoms with Crippen molar-refractivity contribution in [1.82, 2.24) is 15.0 Å². The highest BCUT2D eigenvalue weighted by atomic mass is 32.2. The predicted octanol–water partition coefficient (Wildman–Crippen LogP) is 3.64. The second-order valence-corrected chi connectivity index (χ2v) is 6.16.